The Morgan fingerprint density at radius 2 is 2.22 bits per heavy atom. The molecule has 1 fully saturated rings. The van der Waals surface area contributed by atoms with Crippen molar-refractivity contribution in [3.63, 3.8) is 0 Å². The second kappa shape index (κ2) is 7.78. The summed E-state index contributed by atoms with van der Waals surface area (Å²) in [5.74, 6) is 0.606. The fourth-order valence-electron chi connectivity index (χ4n) is 3.67. The summed E-state index contributed by atoms with van der Waals surface area (Å²) < 4.78 is 5.62. The van der Waals surface area contributed by atoms with Crippen molar-refractivity contribution in [2.45, 2.75) is 32.4 Å². The number of nitrogens with one attached hydrogen (secondary N) is 1. The SMILES string of the molecule is O=C(NCc1ccc2c(c1)CCCO2)[C@@H]1CC(=O)N(Cc2cccnc2)C1. The predicted molar refractivity (Wildman–Crippen MR) is 99.9 cm³/mol. The van der Waals surface area contributed by atoms with Gasteiger partial charge in [-0.25, -0.2) is 0 Å². The molecule has 1 aromatic heterocycles. The highest BCUT2D eigenvalue weighted by molar-refractivity contribution is 5.89. The van der Waals surface area contributed by atoms with Crippen LogP contribution >= 0.6 is 0 Å². The third-order valence-corrected chi connectivity index (χ3v) is 5.12. The molecule has 2 amide bonds. The minimum Gasteiger partial charge on any atom is -0.493 e. The molecule has 0 bridgehead atoms. The first-order valence-electron chi connectivity index (χ1n) is 9.38. The number of rotatable bonds is 5. The summed E-state index contributed by atoms with van der Waals surface area (Å²) in [5, 5.41) is 2.98. The number of aromatic nitrogens is 1. The number of hydrogen-bond donors (Lipinski definition) is 1. The van der Waals surface area contributed by atoms with Gasteiger partial charge >= 0.3 is 0 Å². The second-order valence-electron chi connectivity index (χ2n) is 7.15. The molecule has 0 unspecified atom stereocenters. The molecule has 0 spiro atoms. The van der Waals surface area contributed by atoms with E-state index in [1.54, 1.807) is 17.3 Å². The van der Waals surface area contributed by atoms with Crippen LogP contribution in [0.3, 0.4) is 0 Å². The zero-order valence-electron chi connectivity index (χ0n) is 15.2. The van der Waals surface area contributed by atoms with Crippen molar-refractivity contribution in [3.05, 3.63) is 59.4 Å². The van der Waals surface area contributed by atoms with E-state index in [4.69, 9.17) is 4.74 Å². The molecule has 1 N–H and O–H groups in total. The lowest BCUT2D eigenvalue weighted by atomic mass is 10.0. The quantitative estimate of drug-likeness (QED) is 0.881. The minimum absolute atomic E-state index is 0.0185. The van der Waals surface area contributed by atoms with E-state index in [0.717, 1.165) is 36.3 Å². The lowest BCUT2D eigenvalue weighted by Crippen LogP contribution is -2.32. The Kier molecular flexibility index (Phi) is 5.05. The number of ether oxygens (including phenoxy) is 1. The molecule has 1 atom stereocenters. The van der Waals surface area contributed by atoms with E-state index in [1.807, 2.05) is 24.3 Å². The number of carbonyl (C=O) groups excluding carboxylic acids is 2. The number of likely N-dealkylation sites (tertiary alicyclic amines) is 1. The summed E-state index contributed by atoms with van der Waals surface area (Å²) in [7, 11) is 0. The zero-order valence-corrected chi connectivity index (χ0v) is 15.2. The van der Waals surface area contributed by atoms with Crippen LogP contribution in [0.5, 0.6) is 5.75 Å². The highest BCUT2D eigenvalue weighted by Crippen LogP contribution is 2.26. The largest absolute Gasteiger partial charge is 0.493 e. The summed E-state index contributed by atoms with van der Waals surface area (Å²) >= 11 is 0. The van der Waals surface area contributed by atoms with E-state index in [0.29, 0.717) is 19.6 Å². The Balaban J connectivity index is 1.32. The number of benzene rings is 1. The van der Waals surface area contributed by atoms with Gasteiger partial charge in [0, 0.05) is 38.4 Å². The van der Waals surface area contributed by atoms with Gasteiger partial charge in [-0.05, 0) is 41.7 Å². The van der Waals surface area contributed by atoms with E-state index >= 15 is 0 Å². The maximum absolute atomic E-state index is 12.5. The average molecular weight is 365 g/mol. The van der Waals surface area contributed by atoms with Gasteiger partial charge in [-0.1, -0.05) is 18.2 Å². The second-order valence-corrected chi connectivity index (χ2v) is 7.15. The fourth-order valence-corrected chi connectivity index (χ4v) is 3.67. The number of nitrogens with zero attached hydrogens (tertiary/aromatic N) is 2. The predicted octanol–water partition coefficient (Wildman–Crippen LogP) is 2.07. The van der Waals surface area contributed by atoms with Crippen molar-refractivity contribution < 1.29 is 14.3 Å². The molecule has 6 heteroatoms. The van der Waals surface area contributed by atoms with Gasteiger partial charge in [-0.2, -0.15) is 0 Å². The number of hydrogen-bond acceptors (Lipinski definition) is 4. The maximum Gasteiger partial charge on any atom is 0.225 e. The van der Waals surface area contributed by atoms with E-state index in [-0.39, 0.29) is 24.2 Å². The molecule has 6 nitrogen and oxygen atoms in total. The molecule has 2 aromatic rings. The summed E-state index contributed by atoms with van der Waals surface area (Å²) in [5.41, 5.74) is 3.24. The Morgan fingerprint density at radius 1 is 1.30 bits per heavy atom. The van der Waals surface area contributed by atoms with E-state index in [1.165, 1.54) is 5.56 Å². The Labute approximate surface area is 158 Å². The molecule has 1 aromatic carbocycles. The number of amides is 2. The van der Waals surface area contributed by atoms with Crippen LogP contribution in [0.15, 0.2) is 42.7 Å². The van der Waals surface area contributed by atoms with Crippen LogP contribution in [-0.2, 0) is 29.1 Å². The van der Waals surface area contributed by atoms with Crippen LogP contribution in [0.2, 0.25) is 0 Å². The smallest absolute Gasteiger partial charge is 0.225 e. The van der Waals surface area contributed by atoms with Gasteiger partial charge < -0.3 is 15.0 Å². The molecular weight excluding hydrogens is 342 g/mol. The Hall–Kier alpha value is -2.89. The summed E-state index contributed by atoms with van der Waals surface area (Å²) in [6.07, 6.45) is 5.76. The van der Waals surface area contributed by atoms with Crippen LogP contribution in [0.4, 0.5) is 0 Å². The van der Waals surface area contributed by atoms with Gasteiger partial charge in [0.15, 0.2) is 0 Å². The molecule has 0 saturated carbocycles. The fraction of sp³-hybridized carbons (Fsp3) is 0.381. The molecule has 3 heterocycles. The van der Waals surface area contributed by atoms with Crippen molar-refractivity contribution in [1.29, 1.82) is 0 Å². The molecule has 0 aliphatic carbocycles. The van der Waals surface area contributed by atoms with E-state index < -0.39 is 0 Å². The Bertz CT molecular complexity index is 838. The molecule has 0 radical (unpaired) electrons. The zero-order chi connectivity index (χ0) is 18.6. The molecule has 1 saturated heterocycles. The number of aryl methyl sites for hydroxylation is 1. The van der Waals surface area contributed by atoms with Gasteiger partial charge in [0.05, 0.1) is 12.5 Å². The van der Waals surface area contributed by atoms with Crippen LogP contribution in [-0.4, -0.2) is 34.8 Å². The van der Waals surface area contributed by atoms with Crippen LogP contribution in [0, 0.1) is 5.92 Å². The number of pyridine rings is 1. The first-order chi connectivity index (χ1) is 13.2. The molecule has 140 valence electrons. The molecular formula is C21H23N3O3. The van der Waals surface area contributed by atoms with E-state index in [2.05, 4.69) is 16.4 Å². The van der Waals surface area contributed by atoms with Crippen molar-refractivity contribution in [3.8, 4) is 5.75 Å². The minimum atomic E-state index is -0.296. The number of carbonyl (C=O) groups is 2. The molecule has 2 aliphatic rings. The standard InChI is InChI=1S/C21H23N3O3/c25-20-10-18(14-24(20)13-16-3-1-7-22-11-16)21(26)23-12-15-5-6-19-17(9-15)4-2-8-27-19/h1,3,5-7,9,11,18H,2,4,8,10,12-14H2,(H,23,26)/t18-/m1/s1. The normalized spacial score (nSPS) is 18.7. The third-order valence-electron chi connectivity index (χ3n) is 5.12. The van der Waals surface area contributed by atoms with Gasteiger partial charge in [0.2, 0.25) is 11.8 Å². The molecule has 2 aliphatic heterocycles. The first kappa shape index (κ1) is 17.5. The number of fused-ring (bicyclic) bond motifs is 1. The van der Waals surface area contributed by atoms with Crippen molar-refractivity contribution >= 4 is 11.8 Å². The average Bonchev–Trinajstić information content (AvgIpc) is 3.07. The first-order valence-corrected chi connectivity index (χ1v) is 9.38. The van der Waals surface area contributed by atoms with Crippen molar-refractivity contribution in [2.75, 3.05) is 13.2 Å². The summed E-state index contributed by atoms with van der Waals surface area (Å²) in [6, 6.07) is 9.85. The molecule has 27 heavy (non-hydrogen) atoms. The van der Waals surface area contributed by atoms with Crippen LogP contribution < -0.4 is 10.1 Å². The Morgan fingerprint density at radius 3 is 3.07 bits per heavy atom. The monoisotopic (exact) mass is 365 g/mol. The highest BCUT2D eigenvalue weighted by Gasteiger charge is 2.34. The van der Waals surface area contributed by atoms with Crippen molar-refractivity contribution in [1.82, 2.24) is 15.2 Å². The maximum atomic E-state index is 12.5. The topological polar surface area (TPSA) is 71.5 Å². The third kappa shape index (κ3) is 4.10. The van der Waals surface area contributed by atoms with Crippen molar-refractivity contribution in [2.24, 2.45) is 5.92 Å². The highest BCUT2D eigenvalue weighted by atomic mass is 16.5. The van der Waals surface area contributed by atoms with Gasteiger partial charge in [-0.3, -0.25) is 14.6 Å². The van der Waals surface area contributed by atoms with Crippen LogP contribution in [0.1, 0.15) is 29.5 Å². The van der Waals surface area contributed by atoms with Gasteiger partial charge in [0.25, 0.3) is 0 Å². The van der Waals surface area contributed by atoms with E-state index in [9.17, 15) is 9.59 Å². The lowest BCUT2D eigenvalue weighted by Gasteiger charge is -2.18. The van der Waals surface area contributed by atoms with Gasteiger partial charge in [0.1, 0.15) is 5.75 Å². The molecule has 4 rings (SSSR count). The van der Waals surface area contributed by atoms with Crippen LogP contribution in [0.25, 0.3) is 0 Å². The summed E-state index contributed by atoms with van der Waals surface area (Å²) in [4.78, 5) is 30.6. The van der Waals surface area contributed by atoms with Gasteiger partial charge in [-0.15, -0.1) is 0 Å². The summed E-state index contributed by atoms with van der Waals surface area (Å²) in [6.45, 7) is 2.20. The lowest BCUT2D eigenvalue weighted by molar-refractivity contribution is -0.129.